The van der Waals surface area contributed by atoms with Crippen LogP contribution in [0.2, 0.25) is 0 Å². The highest BCUT2D eigenvalue weighted by atomic mass is 19.1. The van der Waals surface area contributed by atoms with Crippen LogP contribution in [0.1, 0.15) is 6.92 Å². The van der Waals surface area contributed by atoms with Crippen molar-refractivity contribution < 1.29 is 23.0 Å². The van der Waals surface area contributed by atoms with Gasteiger partial charge >= 0.3 is 0 Å². The Bertz CT molecular complexity index is 509. The van der Waals surface area contributed by atoms with Crippen LogP contribution < -0.4 is 10.1 Å². The summed E-state index contributed by atoms with van der Waals surface area (Å²) in [7, 11) is 0. The third-order valence-corrected chi connectivity index (χ3v) is 2.13. The van der Waals surface area contributed by atoms with Crippen LogP contribution >= 0.6 is 0 Å². The third kappa shape index (κ3) is 6.16. The highest BCUT2D eigenvalue weighted by Crippen LogP contribution is 2.16. The molecule has 20 heavy (non-hydrogen) atoms. The molecule has 0 aromatic heterocycles. The number of hydrogen-bond donors (Lipinski definition) is 1. The number of rotatable bonds is 6. The molecule has 0 aliphatic carbocycles. The largest absolute Gasteiger partial charge is 0.478 e. The van der Waals surface area contributed by atoms with Crippen LogP contribution in [0.3, 0.4) is 0 Å². The molecule has 6 heteroatoms. The van der Waals surface area contributed by atoms with Crippen molar-refractivity contribution in [2.45, 2.75) is 6.92 Å². The number of carbonyl (C=O) groups excluding carboxylic acids is 1. The first-order valence-corrected chi connectivity index (χ1v) is 6.01. The predicted octanol–water partition coefficient (Wildman–Crippen LogP) is 1.50. The second-order valence-electron chi connectivity index (χ2n) is 3.63. The van der Waals surface area contributed by atoms with Crippen LogP contribution in [0.4, 0.5) is 8.78 Å². The first-order valence-electron chi connectivity index (χ1n) is 6.01. The van der Waals surface area contributed by atoms with Gasteiger partial charge in [0, 0.05) is 12.7 Å². The molecule has 0 saturated heterocycles. The van der Waals surface area contributed by atoms with Gasteiger partial charge in [0.1, 0.15) is 19.0 Å². The van der Waals surface area contributed by atoms with Crippen LogP contribution in [-0.2, 0) is 9.53 Å². The van der Waals surface area contributed by atoms with Crippen molar-refractivity contribution in [2.75, 3.05) is 26.4 Å². The Hall–Kier alpha value is -2.13. The molecule has 0 spiro atoms. The number of ether oxygens (including phenoxy) is 2. The maximum atomic E-state index is 13.2. The monoisotopic (exact) mass is 283 g/mol. The summed E-state index contributed by atoms with van der Waals surface area (Å²) in [6.45, 7) is 2.36. The minimum Gasteiger partial charge on any atom is -0.478 e. The lowest BCUT2D eigenvalue weighted by Gasteiger charge is -2.03. The number of hydrogen-bond acceptors (Lipinski definition) is 3. The fraction of sp³-hybridized carbons (Fsp3) is 0.357. The molecule has 1 aromatic rings. The minimum absolute atomic E-state index is 0.00449. The molecule has 0 saturated carbocycles. The van der Waals surface area contributed by atoms with E-state index >= 15 is 0 Å². The van der Waals surface area contributed by atoms with Gasteiger partial charge in [0.2, 0.25) is 5.91 Å². The Morgan fingerprint density at radius 2 is 2.15 bits per heavy atom. The van der Waals surface area contributed by atoms with Crippen LogP contribution in [0.5, 0.6) is 5.75 Å². The molecule has 0 heterocycles. The number of halogens is 2. The molecule has 0 atom stereocenters. The topological polar surface area (TPSA) is 47.6 Å². The smallest absolute Gasteiger partial charge is 0.246 e. The number of benzene rings is 1. The highest BCUT2D eigenvalue weighted by Gasteiger charge is 2.03. The van der Waals surface area contributed by atoms with Gasteiger partial charge in [0.05, 0.1) is 6.54 Å². The van der Waals surface area contributed by atoms with E-state index in [0.717, 1.165) is 12.1 Å². The predicted molar refractivity (Wildman–Crippen MR) is 69.1 cm³/mol. The Morgan fingerprint density at radius 3 is 2.85 bits per heavy atom. The molecule has 0 aliphatic rings. The van der Waals surface area contributed by atoms with Crippen LogP contribution in [-0.4, -0.2) is 32.3 Å². The van der Waals surface area contributed by atoms with E-state index in [1.807, 2.05) is 0 Å². The van der Waals surface area contributed by atoms with Gasteiger partial charge in [-0.1, -0.05) is 11.8 Å². The van der Waals surface area contributed by atoms with Gasteiger partial charge in [-0.25, -0.2) is 8.78 Å². The fourth-order valence-electron chi connectivity index (χ4n) is 1.21. The third-order valence-electron chi connectivity index (χ3n) is 2.13. The summed E-state index contributed by atoms with van der Waals surface area (Å²) in [5, 5.41) is 2.52. The lowest BCUT2D eigenvalue weighted by atomic mass is 10.3. The molecule has 0 aliphatic heterocycles. The van der Waals surface area contributed by atoms with Gasteiger partial charge in [-0.15, -0.1) is 0 Å². The minimum atomic E-state index is -0.781. The number of amides is 1. The SMILES string of the molecule is CCOCC(=O)NCC#CCOc1ccc(F)cc1F. The van der Waals surface area contributed by atoms with Crippen molar-refractivity contribution in [3.8, 4) is 17.6 Å². The number of nitrogens with one attached hydrogen (secondary N) is 1. The first-order chi connectivity index (χ1) is 9.63. The highest BCUT2D eigenvalue weighted by molar-refractivity contribution is 5.77. The zero-order chi connectivity index (χ0) is 14.8. The van der Waals surface area contributed by atoms with E-state index in [2.05, 4.69) is 17.2 Å². The number of carbonyl (C=O) groups is 1. The van der Waals surface area contributed by atoms with Crippen LogP contribution in [0.15, 0.2) is 18.2 Å². The maximum absolute atomic E-state index is 13.2. The van der Waals surface area contributed by atoms with E-state index in [1.165, 1.54) is 6.07 Å². The van der Waals surface area contributed by atoms with Crippen LogP contribution in [0.25, 0.3) is 0 Å². The van der Waals surface area contributed by atoms with E-state index < -0.39 is 11.6 Å². The van der Waals surface area contributed by atoms with Crippen molar-refractivity contribution in [3.05, 3.63) is 29.8 Å². The van der Waals surface area contributed by atoms with Crippen molar-refractivity contribution in [1.82, 2.24) is 5.32 Å². The van der Waals surface area contributed by atoms with Gasteiger partial charge in [-0.2, -0.15) is 0 Å². The van der Waals surface area contributed by atoms with Crippen molar-refractivity contribution in [3.63, 3.8) is 0 Å². The quantitative estimate of drug-likeness (QED) is 0.805. The Labute approximate surface area is 116 Å². The molecule has 0 unspecified atom stereocenters. The summed E-state index contributed by atoms with van der Waals surface area (Å²) in [5.41, 5.74) is 0. The zero-order valence-corrected chi connectivity index (χ0v) is 11.0. The van der Waals surface area contributed by atoms with Crippen molar-refractivity contribution in [1.29, 1.82) is 0 Å². The van der Waals surface area contributed by atoms with Crippen molar-refractivity contribution >= 4 is 5.91 Å². The molecule has 1 aromatic carbocycles. The summed E-state index contributed by atoms with van der Waals surface area (Å²) < 4.78 is 35.7. The van der Waals surface area contributed by atoms with E-state index in [1.54, 1.807) is 6.92 Å². The average molecular weight is 283 g/mol. The zero-order valence-electron chi connectivity index (χ0n) is 11.0. The Morgan fingerprint density at radius 1 is 1.35 bits per heavy atom. The standard InChI is InChI=1S/C14H15F2NO3/c1-2-19-10-14(18)17-7-3-4-8-20-13-6-5-11(15)9-12(13)16/h5-6,9H,2,7-8,10H2,1H3,(H,17,18). The van der Waals surface area contributed by atoms with Gasteiger partial charge < -0.3 is 14.8 Å². The average Bonchev–Trinajstić information content (AvgIpc) is 2.42. The molecular weight excluding hydrogens is 268 g/mol. The molecule has 1 N–H and O–H groups in total. The summed E-state index contributed by atoms with van der Waals surface area (Å²) >= 11 is 0. The Kier molecular flexibility index (Phi) is 7.07. The second kappa shape index (κ2) is 8.88. The summed E-state index contributed by atoms with van der Waals surface area (Å²) in [6, 6.07) is 3.02. The van der Waals surface area contributed by atoms with Crippen molar-refractivity contribution in [2.24, 2.45) is 0 Å². The summed E-state index contributed by atoms with van der Waals surface area (Å²) in [4.78, 5) is 11.1. The van der Waals surface area contributed by atoms with E-state index in [0.29, 0.717) is 6.61 Å². The summed E-state index contributed by atoms with van der Waals surface area (Å²) in [6.07, 6.45) is 0. The van der Waals surface area contributed by atoms with E-state index in [9.17, 15) is 13.6 Å². The molecule has 0 fully saturated rings. The molecule has 1 rings (SSSR count). The molecule has 108 valence electrons. The lowest BCUT2D eigenvalue weighted by Crippen LogP contribution is -2.27. The fourth-order valence-corrected chi connectivity index (χ4v) is 1.21. The second-order valence-corrected chi connectivity index (χ2v) is 3.63. The van der Waals surface area contributed by atoms with Gasteiger partial charge in [0.15, 0.2) is 11.6 Å². The van der Waals surface area contributed by atoms with Gasteiger partial charge in [0.25, 0.3) is 0 Å². The van der Waals surface area contributed by atoms with Gasteiger partial charge in [-0.05, 0) is 19.1 Å². The summed E-state index contributed by atoms with van der Waals surface area (Å²) in [5.74, 6) is 3.46. The normalized spacial score (nSPS) is 9.55. The molecular formula is C14H15F2NO3. The van der Waals surface area contributed by atoms with Crippen LogP contribution in [0, 0.1) is 23.5 Å². The molecule has 1 amide bonds. The first kappa shape index (κ1) is 15.9. The van der Waals surface area contributed by atoms with E-state index in [-0.39, 0.29) is 31.4 Å². The molecule has 0 radical (unpaired) electrons. The lowest BCUT2D eigenvalue weighted by molar-refractivity contribution is -0.125. The molecule has 0 bridgehead atoms. The van der Waals surface area contributed by atoms with Gasteiger partial charge in [-0.3, -0.25) is 4.79 Å². The maximum Gasteiger partial charge on any atom is 0.246 e. The molecule has 4 nitrogen and oxygen atoms in total. The Balaban J connectivity index is 2.24. The van der Waals surface area contributed by atoms with E-state index in [4.69, 9.17) is 9.47 Å².